The molecule has 0 N–H and O–H groups in total. The molecule has 0 aliphatic heterocycles. The maximum Gasteiger partial charge on any atom is 0.310 e. The van der Waals surface area contributed by atoms with Crippen molar-refractivity contribution in [2.45, 2.75) is 34.1 Å². The summed E-state index contributed by atoms with van der Waals surface area (Å²) in [6.45, 7) is 7.93. The minimum atomic E-state index is -0.268. The highest BCUT2D eigenvalue weighted by molar-refractivity contribution is 6.32. The van der Waals surface area contributed by atoms with E-state index in [0.717, 1.165) is 16.7 Å². The summed E-state index contributed by atoms with van der Waals surface area (Å²) in [7, 11) is 1.37. The van der Waals surface area contributed by atoms with Gasteiger partial charge >= 0.3 is 5.97 Å². The van der Waals surface area contributed by atoms with E-state index in [4.69, 9.17) is 11.6 Å². The summed E-state index contributed by atoms with van der Waals surface area (Å²) in [6.07, 6.45) is 0.233. The van der Waals surface area contributed by atoms with Gasteiger partial charge in [0.2, 0.25) is 0 Å². The van der Waals surface area contributed by atoms with Crippen LogP contribution in [0.2, 0.25) is 5.02 Å². The molecule has 90 valence electrons. The van der Waals surface area contributed by atoms with Crippen molar-refractivity contribution < 1.29 is 9.53 Å². The predicted octanol–water partition coefficient (Wildman–Crippen LogP) is 3.70. The molecule has 1 rings (SSSR count). The van der Waals surface area contributed by atoms with Gasteiger partial charge in [-0.05, 0) is 30.5 Å². The first-order valence-electron chi connectivity index (χ1n) is 5.37. The van der Waals surface area contributed by atoms with Crippen LogP contribution in [0.1, 0.15) is 30.5 Å². The summed E-state index contributed by atoms with van der Waals surface area (Å²) in [4.78, 5) is 11.0. The SMILES string of the molecule is CC.COC(=O)Cc1ccc(C)c(C)c1Cl. The molecule has 0 fully saturated rings. The summed E-state index contributed by atoms with van der Waals surface area (Å²) < 4.78 is 4.58. The number of carbonyl (C=O) groups excluding carboxylic acids is 1. The maximum atomic E-state index is 11.0. The Morgan fingerprint density at radius 2 is 1.88 bits per heavy atom. The molecule has 0 bridgehead atoms. The third-order valence-electron chi connectivity index (χ3n) is 2.30. The Kier molecular flexibility index (Phi) is 6.82. The van der Waals surface area contributed by atoms with Gasteiger partial charge in [-0.15, -0.1) is 0 Å². The molecule has 3 heteroatoms. The average Bonchev–Trinajstić information content (AvgIpc) is 2.32. The Balaban J connectivity index is 0.00000106. The molecule has 0 aliphatic rings. The highest BCUT2D eigenvalue weighted by Gasteiger charge is 2.09. The monoisotopic (exact) mass is 242 g/mol. The van der Waals surface area contributed by atoms with Crippen molar-refractivity contribution in [2.75, 3.05) is 7.11 Å². The van der Waals surface area contributed by atoms with Crippen LogP contribution >= 0.6 is 11.6 Å². The molecule has 0 saturated heterocycles. The van der Waals surface area contributed by atoms with Gasteiger partial charge in [0, 0.05) is 5.02 Å². The molecule has 1 aromatic carbocycles. The number of hydrogen-bond acceptors (Lipinski definition) is 2. The number of ether oxygens (including phenoxy) is 1. The largest absolute Gasteiger partial charge is 0.469 e. The maximum absolute atomic E-state index is 11.0. The van der Waals surface area contributed by atoms with Gasteiger partial charge in [0.05, 0.1) is 13.5 Å². The average molecular weight is 243 g/mol. The van der Waals surface area contributed by atoms with E-state index in [0.29, 0.717) is 5.02 Å². The van der Waals surface area contributed by atoms with E-state index in [1.807, 2.05) is 39.8 Å². The zero-order chi connectivity index (χ0) is 12.7. The van der Waals surface area contributed by atoms with Crippen LogP contribution in [-0.2, 0) is 16.0 Å². The smallest absolute Gasteiger partial charge is 0.310 e. The van der Waals surface area contributed by atoms with Crippen molar-refractivity contribution in [3.63, 3.8) is 0 Å². The van der Waals surface area contributed by atoms with E-state index in [2.05, 4.69) is 4.74 Å². The molecule has 0 spiro atoms. The second-order valence-corrected chi connectivity index (χ2v) is 3.61. The molecular formula is C13H19ClO2. The summed E-state index contributed by atoms with van der Waals surface area (Å²) in [6, 6.07) is 3.82. The Labute approximate surface area is 103 Å². The van der Waals surface area contributed by atoms with Crippen molar-refractivity contribution in [1.82, 2.24) is 0 Å². The number of rotatable bonds is 2. The summed E-state index contributed by atoms with van der Waals surface area (Å²) in [5, 5.41) is 0.662. The number of aryl methyl sites for hydroxylation is 1. The fraction of sp³-hybridized carbons (Fsp3) is 0.462. The second-order valence-electron chi connectivity index (χ2n) is 3.23. The molecule has 0 amide bonds. The first-order chi connectivity index (χ1) is 7.56. The van der Waals surface area contributed by atoms with Crippen molar-refractivity contribution in [2.24, 2.45) is 0 Å². The van der Waals surface area contributed by atoms with E-state index in [-0.39, 0.29) is 12.4 Å². The van der Waals surface area contributed by atoms with Crippen LogP contribution in [0, 0.1) is 13.8 Å². The molecule has 1 aromatic rings. The second kappa shape index (κ2) is 7.29. The number of halogens is 1. The van der Waals surface area contributed by atoms with Crippen LogP contribution in [0.15, 0.2) is 12.1 Å². The van der Waals surface area contributed by atoms with Crippen LogP contribution in [0.3, 0.4) is 0 Å². The summed E-state index contributed by atoms with van der Waals surface area (Å²) in [5.74, 6) is -0.268. The predicted molar refractivity (Wildman–Crippen MR) is 68.0 cm³/mol. The zero-order valence-corrected chi connectivity index (χ0v) is 11.3. The Morgan fingerprint density at radius 1 is 1.31 bits per heavy atom. The van der Waals surface area contributed by atoms with Crippen molar-refractivity contribution in [3.05, 3.63) is 33.8 Å². The highest BCUT2D eigenvalue weighted by Crippen LogP contribution is 2.24. The first-order valence-corrected chi connectivity index (χ1v) is 5.75. The van der Waals surface area contributed by atoms with Crippen LogP contribution in [0.5, 0.6) is 0 Å². The van der Waals surface area contributed by atoms with E-state index in [9.17, 15) is 4.79 Å². The Hall–Kier alpha value is -1.02. The van der Waals surface area contributed by atoms with Gasteiger partial charge in [0.15, 0.2) is 0 Å². The number of methoxy groups -OCH3 is 1. The highest BCUT2D eigenvalue weighted by atomic mass is 35.5. The lowest BCUT2D eigenvalue weighted by molar-refractivity contribution is -0.139. The van der Waals surface area contributed by atoms with Crippen LogP contribution in [-0.4, -0.2) is 13.1 Å². The normalized spacial score (nSPS) is 9.12. The number of benzene rings is 1. The van der Waals surface area contributed by atoms with Crippen LogP contribution in [0.25, 0.3) is 0 Å². The van der Waals surface area contributed by atoms with E-state index < -0.39 is 0 Å². The van der Waals surface area contributed by atoms with Gasteiger partial charge in [0.25, 0.3) is 0 Å². The van der Waals surface area contributed by atoms with E-state index in [1.165, 1.54) is 7.11 Å². The number of hydrogen-bond donors (Lipinski definition) is 0. The van der Waals surface area contributed by atoms with E-state index in [1.54, 1.807) is 0 Å². The Bertz CT molecular complexity index is 359. The fourth-order valence-corrected chi connectivity index (χ4v) is 1.48. The quantitative estimate of drug-likeness (QED) is 0.740. The molecule has 0 atom stereocenters. The lowest BCUT2D eigenvalue weighted by Crippen LogP contribution is -2.05. The summed E-state index contributed by atoms with van der Waals surface area (Å²) in [5.41, 5.74) is 2.97. The molecule has 0 unspecified atom stereocenters. The topological polar surface area (TPSA) is 26.3 Å². The molecule has 0 aromatic heterocycles. The lowest BCUT2D eigenvalue weighted by atomic mass is 10.0. The fourth-order valence-electron chi connectivity index (χ4n) is 1.20. The van der Waals surface area contributed by atoms with Crippen LogP contribution < -0.4 is 0 Å². The molecule has 0 heterocycles. The Morgan fingerprint density at radius 3 is 2.38 bits per heavy atom. The van der Waals surface area contributed by atoms with Gasteiger partial charge in [-0.3, -0.25) is 4.79 Å². The van der Waals surface area contributed by atoms with Crippen molar-refractivity contribution in [1.29, 1.82) is 0 Å². The van der Waals surface area contributed by atoms with Crippen molar-refractivity contribution in [3.8, 4) is 0 Å². The van der Waals surface area contributed by atoms with Crippen LogP contribution in [0.4, 0.5) is 0 Å². The third kappa shape index (κ3) is 3.86. The van der Waals surface area contributed by atoms with Gasteiger partial charge in [0.1, 0.15) is 0 Å². The number of carbonyl (C=O) groups is 1. The first kappa shape index (κ1) is 15.0. The van der Waals surface area contributed by atoms with Crippen molar-refractivity contribution >= 4 is 17.6 Å². The lowest BCUT2D eigenvalue weighted by Gasteiger charge is -2.08. The van der Waals surface area contributed by atoms with Gasteiger partial charge in [-0.25, -0.2) is 0 Å². The molecule has 0 aliphatic carbocycles. The standard InChI is InChI=1S/C11H13ClO2.C2H6/c1-7-4-5-9(6-10(13)14-3)11(12)8(7)2;1-2/h4-5H,6H2,1-3H3;1-2H3. The minimum Gasteiger partial charge on any atom is -0.469 e. The van der Waals surface area contributed by atoms with Gasteiger partial charge in [-0.1, -0.05) is 37.6 Å². The minimum absolute atomic E-state index is 0.233. The zero-order valence-electron chi connectivity index (χ0n) is 10.6. The van der Waals surface area contributed by atoms with Gasteiger partial charge in [-0.2, -0.15) is 0 Å². The molecular weight excluding hydrogens is 224 g/mol. The third-order valence-corrected chi connectivity index (χ3v) is 2.83. The molecule has 0 radical (unpaired) electrons. The molecule has 0 saturated carbocycles. The van der Waals surface area contributed by atoms with Gasteiger partial charge < -0.3 is 4.74 Å². The van der Waals surface area contributed by atoms with E-state index >= 15 is 0 Å². The number of esters is 1. The summed E-state index contributed by atoms with van der Waals surface area (Å²) >= 11 is 6.09. The molecule has 16 heavy (non-hydrogen) atoms. The molecule has 2 nitrogen and oxygen atoms in total.